The fourth-order valence-electron chi connectivity index (χ4n) is 5.66. The Morgan fingerprint density at radius 2 is 0.787 bits per heavy atom. The fourth-order valence-corrected chi connectivity index (χ4v) is 5.66. The van der Waals surface area contributed by atoms with Crippen molar-refractivity contribution in [1.29, 1.82) is 0 Å². The zero-order valence-electron chi connectivity index (χ0n) is 35.7. The third-order valence-electron chi connectivity index (χ3n) is 9.40. The smallest absolute Gasteiger partial charge is 0.326 e. The quantitative estimate of drug-likeness (QED) is 0.0345. The Hall–Kier alpha value is -5.18. The molecular formula is C40H69N7O14. The summed E-state index contributed by atoms with van der Waals surface area (Å²) in [5.41, 5.74) is 0. The number of carbonyl (C=O) groups is 10. The van der Waals surface area contributed by atoms with Gasteiger partial charge in [-0.1, -0.05) is 90.9 Å². The minimum Gasteiger partial charge on any atom is -0.481 e. The molecule has 0 aromatic heterocycles. The van der Waals surface area contributed by atoms with Crippen LogP contribution < -0.4 is 37.2 Å². The van der Waals surface area contributed by atoms with E-state index in [0.29, 0.717) is 6.42 Å². The molecule has 0 rings (SSSR count). The van der Waals surface area contributed by atoms with Crippen LogP contribution in [0.3, 0.4) is 0 Å². The first kappa shape index (κ1) is 55.8. The Labute approximate surface area is 357 Å². The number of carbonyl (C=O) groups excluding carboxylic acids is 8. The van der Waals surface area contributed by atoms with E-state index in [-0.39, 0.29) is 43.9 Å². The standard InChI is InChI=1S/C40H69N7O14/c1-27(2)31(50)21-41-34(53)22-43-38(58)29(25-48)47-36(55)24-44-39(59)30(26-49)46-35(54)23-42-32(51)20-19-28(40(60)61)45-33(52)17-15-13-11-9-7-5-3-4-6-8-10-12-14-16-18-37(56)57/h27-30,48-49H,3-26H2,1-2H3,(H,41,53)(H,42,51)(H,43,58)(H,44,59)(H,45,52)(H,46,54)(H,47,55)(H,56,57)(H,60,61)/t28-,29-,30-/m0/s1. The number of carboxylic acid groups (broad SMARTS) is 2. The molecule has 21 nitrogen and oxygen atoms in total. The Bertz CT molecular complexity index is 1410. The SMILES string of the molecule is CC(C)C(=O)CNC(=O)CNC(=O)[C@H](CO)NC(=O)CNC(=O)[C@H](CO)NC(=O)CNC(=O)CC[C@H](NC(=O)CCCCCCCCCCCCCCCCC(=O)O)C(=O)O. The molecule has 21 heteroatoms. The number of rotatable bonds is 37. The molecule has 0 spiro atoms. The minimum absolute atomic E-state index is 0.142. The predicted octanol–water partition coefficient (Wildman–Crippen LogP) is -0.694. The number of amides is 7. The Morgan fingerprint density at radius 1 is 0.410 bits per heavy atom. The van der Waals surface area contributed by atoms with Gasteiger partial charge in [-0.15, -0.1) is 0 Å². The summed E-state index contributed by atoms with van der Waals surface area (Å²) in [6.07, 6.45) is 14.1. The second kappa shape index (κ2) is 34.5. The van der Waals surface area contributed by atoms with Crippen LogP contribution in [0.25, 0.3) is 0 Å². The molecule has 0 unspecified atom stereocenters. The molecule has 0 aliphatic heterocycles. The lowest BCUT2D eigenvalue weighted by molar-refractivity contribution is -0.142. The molecule has 0 saturated carbocycles. The zero-order chi connectivity index (χ0) is 46.0. The molecule has 3 atom stereocenters. The Balaban J connectivity index is 4.31. The zero-order valence-corrected chi connectivity index (χ0v) is 35.7. The molecule has 0 fully saturated rings. The van der Waals surface area contributed by atoms with Crippen molar-refractivity contribution in [3.63, 3.8) is 0 Å². The second-order valence-corrected chi connectivity index (χ2v) is 15.1. The minimum atomic E-state index is -1.55. The maximum absolute atomic E-state index is 12.5. The van der Waals surface area contributed by atoms with E-state index >= 15 is 0 Å². The van der Waals surface area contributed by atoms with Gasteiger partial charge in [0.2, 0.25) is 41.4 Å². The number of hydrogen-bond acceptors (Lipinski definition) is 12. The van der Waals surface area contributed by atoms with Crippen molar-refractivity contribution in [1.82, 2.24) is 37.2 Å². The molecule has 0 aliphatic carbocycles. The lowest BCUT2D eigenvalue weighted by atomic mass is 10.0. The second-order valence-electron chi connectivity index (χ2n) is 15.1. The molecular weight excluding hydrogens is 802 g/mol. The van der Waals surface area contributed by atoms with Crippen molar-refractivity contribution in [2.75, 3.05) is 39.4 Å². The molecule has 0 radical (unpaired) electrons. The van der Waals surface area contributed by atoms with E-state index in [0.717, 1.165) is 57.8 Å². The number of aliphatic hydroxyl groups excluding tert-OH is 2. The normalized spacial score (nSPS) is 12.3. The van der Waals surface area contributed by atoms with Crippen LogP contribution in [0.4, 0.5) is 0 Å². The van der Waals surface area contributed by atoms with Gasteiger partial charge >= 0.3 is 11.9 Å². The van der Waals surface area contributed by atoms with E-state index < -0.39 is 104 Å². The van der Waals surface area contributed by atoms with Crippen molar-refractivity contribution < 1.29 is 68.4 Å². The topological polar surface area (TPSA) is 336 Å². The summed E-state index contributed by atoms with van der Waals surface area (Å²) in [7, 11) is 0. The molecule has 0 bridgehead atoms. The van der Waals surface area contributed by atoms with Gasteiger partial charge < -0.3 is 57.6 Å². The summed E-state index contributed by atoms with van der Waals surface area (Å²) in [4.78, 5) is 120. The van der Waals surface area contributed by atoms with Crippen molar-refractivity contribution in [3.05, 3.63) is 0 Å². The highest BCUT2D eigenvalue weighted by Crippen LogP contribution is 2.14. The summed E-state index contributed by atoms with van der Waals surface area (Å²) in [5.74, 6) is -8.22. The monoisotopic (exact) mass is 871 g/mol. The number of unbranched alkanes of at least 4 members (excludes halogenated alkanes) is 13. The van der Waals surface area contributed by atoms with Crippen molar-refractivity contribution in [2.45, 2.75) is 148 Å². The van der Waals surface area contributed by atoms with Gasteiger partial charge in [0.05, 0.1) is 39.4 Å². The highest BCUT2D eigenvalue weighted by atomic mass is 16.4. The van der Waals surface area contributed by atoms with Crippen LogP contribution in [0.2, 0.25) is 0 Å². The predicted molar refractivity (Wildman–Crippen MR) is 220 cm³/mol. The van der Waals surface area contributed by atoms with Crippen molar-refractivity contribution >= 4 is 59.1 Å². The molecule has 0 heterocycles. The number of nitrogens with one attached hydrogen (secondary N) is 7. The van der Waals surface area contributed by atoms with E-state index in [1.165, 1.54) is 25.7 Å². The third-order valence-corrected chi connectivity index (χ3v) is 9.40. The van der Waals surface area contributed by atoms with E-state index in [4.69, 9.17) is 5.11 Å². The molecule has 7 amide bonds. The van der Waals surface area contributed by atoms with Gasteiger partial charge in [-0.3, -0.25) is 43.2 Å². The van der Waals surface area contributed by atoms with E-state index in [9.17, 15) is 63.3 Å². The molecule has 0 aliphatic rings. The summed E-state index contributed by atoms with van der Waals surface area (Å²) >= 11 is 0. The molecule has 61 heavy (non-hydrogen) atoms. The maximum Gasteiger partial charge on any atom is 0.326 e. The van der Waals surface area contributed by atoms with E-state index in [2.05, 4.69) is 37.2 Å². The number of aliphatic hydroxyl groups is 2. The molecule has 0 aromatic rings. The fraction of sp³-hybridized carbons (Fsp3) is 0.750. The van der Waals surface area contributed by atoms with Crippen LogP contribution >= 0.6 is 0 Å². The Kier molecular flexibility index (Phi) is 31.6. The van der Waals surface area contributed by atoms with Gasteiger partial charge in [0.25, 0.3) is 0 Å². The number of aliphatic carboxylic acids is 2. The lowest BCUT2D eigenvalue weighted by Gasteiger charge is -2.18. The molecule has 11 N–H and O–H groups in total. The van der Waals surface area contributed by atoms with E-state index in [1.54, 1.807) is 13.8 Å². The van der Waals surface area contributed by atoms with Gasteiger partial charge in [-0.2, -0.15) is 0 Å². The molecule has 348 valence electrons. The van der Waals surface area contributed by atoms with Gasteiger partial charge in [0, 0.05) is 25.2 Å². The first-order chi connectivity index (χ1) is 29.0. The number of ketones is 1. The maximum atomic E-state index is 12.5. The Morgan fingerprint density at radius 3 is 1.20 bits per heavy atom. The van der Waals surface area contributed by atoms with Crippen LogP contribution in [0.1, 0.15) is 129 Å². The average Bonchev–Trinajstić information content (AvgIpc) is 3.22. The van der Waals surface area contributed by atoms with E-state index in [1.807, 2.05) is 0 Å². The summed E-state index contributed by atoms with van der Waals surface area (Å²) in [6, 6.07) is -4.38. The van der Waals surface area contributed by atoms with Gasteiger partial charge in [0.15, 0.2) is 5.78 Å². The van der Waals surface area contributed by atoms with Crippen LogP contribution in [0.15, 0.2) is 0 Å². The van der Waals surface area contributed by atoms with Crippen molar-refractivity contribution in [2.24, 2.45) is 5.92 Å². The summed E-state index contributed by atoms with van der Waals surface area (Å²) in [5, 5.41) is 52.9. The van der Waals surface area contributed by atoms with Gasteiger partial charge in [0.1, 0.15) is 18.1 Å². The average molecular weight is 872 g/mol. The third kappa shape index (κ3) is 30.5. The molecule has 0 saturated heterocycles. The van der Waals surface area contributed by atoms with Gasteiger partial charge in [-0.05, 0) is 19.3 Å². The van der Waals surface area contributed by atoms with Gasteiger partial charge in [-0.25, -0.2) is 4.79 Å². The number of carboxylic acids is 2. The number of hydrogen-bond donors (Lipinski definition) is 11. The van der Waals surface area contributed by atoms with Crippen LogP contribution in [-0.4, -0.2) is 137 Å². The van der Waals surface area contributed by atoms with Crippen LogP contribution in [0.5, 0.6) is 0 Å². The summed E-state index contributed by atoms with van der Waals surface area (Å²) in [6.45, 7) is -0.622. The molecule has 0 aromatic carbocycles. The first-order valence-electron chi connectivity index (χ1n) is 21.2. The van der Waals surface area contributed by atoms with Crippen LogP contribution in [0, 0.1) is 5.92 Å². The largest absolute Gasteiger partial charge is 0.481 e. The van der Waals surface area contributed by atoms with Crippen LogP contribution in [-0.2, 0) is 47.9 Å². The summed E-state index contributed by atoms with van der Waals surface area (Å²) < 4.78 is 0. The van der Waals surface area contributed by atoms with Crippen molar-refractivity contribution in [3.8, 4) is 0 Å². The highest BCUT2D eigenvalue weighted by molar-refractivity contribution is 5.95. The highest BCUT2D eigenvalue weighted by Gasteiger charge is 2.25. The lowest BCUT2D eigenvalue weighted by Crippen LogP contribution is -2.55. The first-order valence-corrected chi connectivity index (χ1v) is 21.2. The number of Topliss-reactive ketones (excluding diaryl/α,β-unsaturated/α-hetero) is 1.